The number of hydrazone groups is 1. The average Bonchev–Trinajstić information content (AvgIpc) is 3.25. The zero-order valence-electron chi connectivity index (χ0n) is 16.1. The van der Waals surface area contributed by atoms with Gasteiger partial charge in [0.15, 0.2) is 0 Å². The van der Waals surface area contributed by atoms with Crippen molar-refractivity contribution in [2.24, 2.45) is 5.10 Å². The first-order valence-corrected chi connectivity index (χ1v) is 10.1. The molecule has 2 atom stereocenters. The van der Waals surface area contributed by atoms with Gasteiger partial charge in [0.1, 0.15) is 12.0 Å². The molecule has 11 heteroatoms. The van der Waals surface area contributed by atoms with Crippen LogP contribution in [0.5, 0.6) is 0 Å². The lowest BCUT2D eigenvalue weighted by molar-refractivity contribution is -0.137. The summed E-state index contributed by atoms with van der Waals surface area (Å²) < 4.78 is 65.5. The van der Waals surface area contributed by atoms with Gasteiger partial charge in [-0.3, -0.25) is 0 Å². The van der Waals surface area contributed by atoms with Crippen molar-refractivity contribution in [3.8, 4) is 11.3 Å². The lowest BCUT2D eigenvalue weighted by atomic mass is 10.1. The number of carbonyl (C=O) groups is 1. The SMILES string of the molecule is O=C(O)c1cc(F)ccc1/C=N/N(c1nc(-c2ccc(C(F)(F)F)cc2)cs1)C1CC1F. The van der Waals surface area contributed by atoms with Crippen LogP contribution in [-0.2, 0) is 6.18 Å². The van der Waals surface area contributed by atoms with E-state index < -0.39 is 35.7 Å². The Morgan fingerprint density at radius 2 is 1.91 bits per heavy atom. The molecule has 0 amide bonds. The van der Waals surface area contributed by atoms with Crippen molar-refractivity contribution in [1.29, 1.82) is 0 Å². The molecule has 1 aromatic heterocycles. The molecule has 1 fully saturated rings. The summed E-state index contributed by atoms with van der Waals surface area (Å²) >= 11 is 1.12. The molecule has 2 unspecified atom stereocenters. The van der Waals surface area contributed by atoms with Crippen LogP contribution in [0.3, 0.4) is 0 Å². The Kier molecular flexibility index (Phi) is 5.68. The number of anilines is 1. The van der Waals surface area contributed by atoms with Crippen molar-refractivity contribution in [2.45, 2.75) is 24.8 Å². The van der Waals surface area contributed by atoms with E-state index in [0.717, 1.165) is 35.6 Å². The summed E-state index contributed by atoms with van der Waals surface area (Å²) in [5.41, 5.74) is -0.119. The summed E-state index contributed by atoms with van der Waals surface area (Å²) in [6.07, 6.45) is -4.22. The Hall–Kier alpha value is -3.34. The van der Waals surface area contributed by atoms with Gasteiger partial charge in [0.05, 0.1) is 29.1 Å². The van der Waals surface area contributed by atoms with Crippen LogP contribution in [0.2, 0.25) is 0 Å². The summed E-state index contributed by atoms with van der Waals surface area (Å²) in [5.74, 6) is -2.06. The summed E-state index contributed by atoms with van der Waals surface area (Å²) in [4.78, 5) is 15.7. The highest BCUT2D eigenvalue weighted by atomic mass is 32.1. The number of thiazole rings is 1. The van der Waals surface area contributed by atoms with E-state index in [1.165, 1.54) is 29.4 Å². The number of benzene rings is 2. The lowest BCUT2D eigenvalue weighted by Gasteiger charge is -2.15. The van der Waals surface area contributed by atoms with Gasteiger partial charge in [-0.25, -0.2) is 23.6 Å². The van der Waals surface area contributed by atoms with E-state index in [1.807, 2.05) is 0 Å². The van der Waals surface area contributed by atoms with Crippen LogP contribution >= 0.6 is 11.3 Å². The number of aromatic nitrogens is 1. The second-order valence-electron chi connectivity index (χ2n) is 7.04. The topological polar surface area (TPSA) is 65.8 Å². The predicted octanol–water partition coefficient (Wildman–Crippen LogP) is 5.62. The molecule has 1 aliphatic rings. The van der Waals surface area contributed by atoms with Crippen molar-refractivity contribution in [2.75, 3.05) is 5.01 Å². The second kappa shape index (κ2) is 8.30. The van der Waals surface area contributed by atoms with Crippen LogP contribution in [0.1, 0.15) is 27.9 Å². The van der Waals surface area contributed by atoms with Gasteiger partial charge in [-0.05, 0) is 30.3 Å². The third-order valence-corrected chi connectivity index (χ3v) is 5.59. The molecular formula is C21H14F5N3O2S. The number of hydrogen-bond acceptors (Lipinski definition) is 5. The van der Waals surface area contributed by atoms with Crippen molar-refractivity contribution in [3.05, 3.63) is 70.4 Å². The van der Waals surface area contributed by atoms with E-state index in [4.69, 9.17) is 0 Å². The van der Waals surface area contributed by atoms with Gasteiger partial charge in [-0.1, -0.05) is 12.1 Å². The van der Waals surface area contributed by atoms with Crippen LogP contribution in [0.15, 0.2) is 52.9 Å². The molecule has 0 bridgehead atoms. The second-order valence-corrected chi connectivity index (χ2v) is 7.87. The van der Waals surface area contributed by atoms with E-state index >= 15 is 0 Å². The highest BCUT2D eigenvalue weighted by Crippen LogP contribution is 2.38. The first kappa shape index (κ1) is 21.9. The molecule has 1 N–H and O–H groups in total. The van der Waals surface area contributed by atoms with E-state index in [2.05, 4.69) is 10.1 Å². The minimum absolute atomic E-state index is 0.125. The molecule has 3 aromatic rings. The zero-order valence-corrected chi connectivity index (χ0v) is 16.9. The minimum atomic E-state index is -4.45. The molecule has 5 nitrogen and oxygen atoms in total. The number of alkyl halides is 4. The number of aromatic carboxylic acids is 1. The minimum Gasteiger partial charge on any atom is -0.478 e. The summed E-state index contributed by atoms with van der Waals surface area (Å²) in [5, 5.41) is 16.6. The van der Waals surface area contributed by atoms with Crippen LogP contribution in [0.4, 0.5) is 27.1 Å². The number of nitrogens with zero attached hydrogens (tertiary/aromatic N) is 3. The van der Waals surface area contributed by atoms with Gasteiger partial charge >= 0.3 is 12.1 Å². The zero-order chi connectivity index (χ0) is 23.0. The Balaban J connectivity index is 1.61. The molecule has 0 radical (unpaired) electrons. The first-order chi connectivity index (χ1) is 15.1. The van der Waals surface area contributed by atoms with E-state index in [0.29, 0.717) is 16.4 Å². The van der Waals surface area contributed by atoms with Crippen LogP contribution in [0, 0.1) is 5.82 Å². The maximum absolute atomic E-state index is 13.8. The number of rotatable bonds is 6. The van der Waals surface area contributed by atoms with Gasteiger partial charge in [-0.15, -0.1) is 11.3 Å². The highest BCUT2D eigenvalue weighted by Gasteiger charge is 2.44. The fraction of sp³-hybridized carbons (Fsp3) is 0.190. The molecular weight excluding hydrogens is 453 g/mol. The van der Waals surface area contributed by atoms with Crippen LogP contribution in [0.25, 0.3) is 11.3 Å². The lowest BCUT2D eigenvalue weighted by Crippen LogP contribution is -2.21. The standard InChI is InChI=1S/C21H14F5N3O2S/c22-14-6-3-12(15(7-14)19(30)31)9-27-29(18-8-16(18)23)20-28-17(10-32-20)11-1-4-13(5-2-11)21(24,25)26/h1-7,9-10,16,18H,8H2,(H,30,31)/b27-9+. The molecule has 166 valence electrons. The third kappa shape index (κ3) is 4.62. The van der Waals surface area contributed by atoms with Crippen molar-refractivity contribution >= 4 is 28.7 Å². The van der Waals surface area contributed by atoms with Gasteiger partial charge < -0.3 is 5.11 Å². The Bertz CT molecular complexity index is 1180. The van der Waals surface area contributed by atoms with Crippen molar-refractivity contribution in [1.82, 2.24) is 4.98 Å². The largest absolute Gasteiger partial charge is 0.478 e. The van der Waals surface area contributed by atoms with Gasteiger partial charge in [0.2, 0.25) is 5.13 Å². The number of hydrogen-bond donors (Lipinski definition) is 1. The maximum Gasteiger partial charge on any atom is 0.416 e. The normalized spacial score (nSPS) is 18.2. The molecule has 0 saturated heterocycles. The molecule has 1 saturated carbocycles. The monoisotopic (exact) mass is 467 g/mol. The summed E-state index contributed by atoms with van der Waals surface area (Å²) in [6.45, 7) is 0. The molecule has 0 spiro atoms. The maximum atomic E-state index is 13.8. The Morgan fingerprint density at radius 3 is 2.50 bits per heavy atom. The molecule has 1 aliphatic carbocycles. The Morgan fingerprint density at radius 1 is 1.22 bits per heavy atom. The predicted molar refractivity (Wildman–Crippen MR) is 109 cm³/mol. The summed E-state index contributed by atoms with van der Waals surface area (Å²) in [6, 6.07) is 7.07. The fourth-order valence-electron chi connectivity index (χ4n) is 2.96. The van der Waals surface area contributed by atoms with Gasteiger partial charge in [-0.2, -0.15) is 18.3 Å². The average molecular weight is 467 g/mol. The quantitative estimate of drug-likeness (QED) is 0.291. The smallest absolute Gasteiger partial charge is 0.416 e. The van der Waals surface area contributed by atoms with Crippen LogP contribution < -0.4 is 5.01 Å². The molecule has 0 aliphatic heterocycles. The van der Waals surface area contributed by atoms with E-state index in [1.54, 1.807) is 5.38 Å². The molecule has 1 heterocycles. The van der Waals surface area contributed by atoms with Gasteiger partial charge in [0.25, 0.3) is 0 Å². The number of halogens is 5. The van der Waals surface area contributed by atoms with Crippen molar-refractivity contribution < 1.29 is 31.9 Å². The highest BCUT2D eigenvalue weighted by molar-refractivity contribution is 7.14. The first-order valence-electron chi connectivity index (χ1n) is 9.27. The number of carboxylic acids is 1. The molecule has 32 heavy (non-hydrogen) atoms. The van der Waals surface area contributed by atoms with E-state index in [-0.39, 0.29) is 17.5 Å². The molecule has 4 rings (SSSR count). The molecule has 2 aromatic carbocycles. The van der Waals surface area contributed by atoms with Crippen LogP contribution in [-0.4, -0.2) is 34.5 Å². The van der Waals surface area contributed by atoms with Gasteiger partial charge in [0, 0.05) is 22.9 Å². The summed E-state index contributed by atoms with van der Waals surface area (Å²) in [7, 11) is 0. The fourth-order valence-corrected chi connectivity index (χ4v) is 3.81. The number of carboxylic acid groups (broad SMARTS) is 1. The Labute approximate surface area is 182 Å². The van der Waals surface area contributed by atoms with E-state index in [9.17, 15) is 31.9 Å². The third-order valence-electron chi connectivity index (χ3n) is 4.76. The van der Waals surface area contributed by atoms with Crippen molar-refractivity contribution in [3.63, 3.8) is 0 Å².